The molecule has 2 N–H and O–H groups in total. The van der Waals surface area contributed by atoms with Gasteiger partial charge in [-0.3, -0.25) is 19.3 Å². The van der Waals surface area contributed by atoms with Gasteiger partial charge in [0.25, 0.3) is 11.8 Å². The Morgan fingerprint density at radius 2 is 1.74 bits per heavy atom. The van der Waals surface area contributed by atoms with Crippen LogP contribution in [0.5, 0.6) is 0 Å². The summed E-state index contributed by atoms with van der Waals surface area (Å²) in [7, 11) is -4.15. The Hall–Kier alpha value is -3.50. The molecule has 0 fully saturated rings. The number of nitrogens with zero attached hydrogens (tertiary/aromatic N) is 1. The van der Waals surface area contributed by atoms with E-state index in [1.165, 1.54) is 12.1 Å². The summed E-state index contributed by atoms with van der Waals surface area (Å²) in [5, 5.41) is 10.5. The number of hydrogen-bond acceptors (Lipinski definition) is 6. The highest BCUT2D eigenvalue weighted by Gasteiger charge is 2.35. The van der Waals surface area contributed by atoms with E-state index in [1.807, 2.05) is 0 Å². The van der Waals surface area contributed by atoms with Crippen LogP contribution in [0, 0.1) is 0 Å². The summed E-state index contributed by atoms with van der Waals surface area (Å²) in [4.78, 5) is 37.7. The van der Waals surface area contributed by atoms with Crippen LogP contribution >= 0.6 is 0 Å². The van der Waals surface area contributed by atoms with Crippen LogP contribution in [0.4, 0.5) is 0 Å². The van der Waals surface area contributed by atoms with Crippen molar-refractivity contribution in [3.05, 3.63) is 64.9 Å². The van der Waals surface area contributed by atoms with E-state index in [0.717, 1.165) is 47.3 Å². The molecule has 35 heavy (non-hydrogen) atoms. The molecule has 0 unspecified atom stereocenters. The minimum atomic E-state index is -4.15. The molecule has 10 heteroatoms. The van der Waals surface area contributed by atoms with Gasteiger partial charge in [0.2, 0.25) is 10.0 Å². The van der Waals surface area contributed by atoms with Gasteiger partial charge in [-0.1, -0.05) is 12.1 Å². The summed E-state index contributed by atoms with van der Waals surface area (Å²) in [6.45, 7) is -0.0121. The number of carboxylic acid groups (broad SMARTS) is 1. The Morgan fingerprint density at radius 3 is 2.43 bits per heavy atom. The number of imide groups is 1. The molecule has 3 aromatic rings. The van der Waals surface area contributed by atoms with Crippen molar-refractivity contribution < 1.29 is 32.3 Å². The lowest BCUT2D eigenvalue weighted by molar-refractivity contribution is -0.139. The largest absolute Gasteiger partial charge is 0.480 e. The highest BCUT2D eigenvalue weighted by atomic mass is 32.2. The van der Waals surface area contributed by atoms with E-state index in [2.05, 4.69) is 4.72 Å². The van der Waals surface area contributed by atoms with Crippen LogP contribution in [-0.2, 0) is 27.7 Å². The van der Waals surface area contributed by atoms with Crippen molar-refractivity contribution in [1.82, 2.24) is 9.62 Å². The molecular weight excluding hydrogens is 472 g/mol. The Kier molecular flexibility index (Phi) is 5.94. The number of rotatable bonds is 8. The molecule has 2 aliphatic rings. The third-order valence-electron chi connectivity index (χ3n) is 6.59. The highest BCUT2D eigenvalue weighted by molar-refractivity contribution is 7.89. The summed E-state index contributed by atoms with van der Waals surface area (Å²) >= 11 is 0. The summed E-state index contributed by atoms with van der Waals surface area (Å²) < 4.78 is 34.1. The molecular formula is C25H24N2O7S. The van der Waals surface area contributed by atoms with Crippen molar-refractivity contribution in [2.75, 3.05) is 6.54 Å². The summed E-state index contributed by atoms with van der Waals surface area (Å²) in [6.07, 6.45) is 3.82. The van der Waals surface area contributed by atoms with Crippen LogP contribution in [0.1, 0.15) is 57.7 Å². The number of aryl methyl sites for hydroxylation is 2. The smallest absolute Gasteiger partial charge is 0.321 e. The first-order valence-electron chi connectivity index (χ1n) is 11.5. The number of fused-ring (bicyclic) bond motifs is 4. The van der Waals surface area contributed by atoms with Crippen molar-refractivity contribution >= 4 is 38.8 Å². The maximum absolute atomic E-state index is 13.0. The lowest BCUT2D eigenvalue weighted by Crippen LogP contribution is -2.41. The predicted molar refractivity (Wildman–Crippen MR) is 126 cm³/mol. The zero-order chi connectivity index (χ0) is 24.7. The highest BCUT2D eigenvalue weighted by Crippen LogP contribution is 2.33. The molecule has 0 radical (unpaired) electrons. The van der Waals surface area contributed by atoms with Gasteiger partial charge in [-0.2, -0.15) is 4.72 Å². The van der Waals surface area contributed by atoms with E-state index < -0.39 is 33.8 Å². The van der Waals surface area contributed by atoms with Crippen LogP contribution in [0.2, 0.25) is 0 Å². The second kappa shape index (κ2) is 8.94. The molecule has 2 aromatic carbocycles. The average molecular weight is 497 g/mol. The van der Waals surface area contributed by atoms with Crippen molar-refractivity contribution in [1.29, 1.82) is 0 Å². The van der Waals surface area contributed by atoms with E-state index in [0.29, 0.717) is 16.7 Å². The predicted octanol–water partition coefficient (Wildman–Crippen LogP) is 3.12. The topological polar surface area (TPSA) is 134 Å². The molecule has 2 amide bonds. The van der Waals surface area contributed by atoms with Crippen LogP contribution in [0.3, 0.4) is 0 Å². The van der Waals surface area contributed by atoms with E-state index in [4.69, 9.17) is 4.42 Å². The van der Waals surface area contributed by atoms with Gasteiger partial charge in [0.05, 0.1) is 16.0 Å². The quantitative estimate of drug-likeness (QED) is 0.458. The Morgan fingerprint density at radius 1 is 1.06 bits per heavy atom. The molecule has 9 nitrogen and oxygen atoms in total. The van der Waals surface area contributed by atoms with Gasteiger partial charge in [-0.05, 0) is 56.4 Å². The van der Waals surface area contributed by atoms with Gasteiger partial charge in [-0.25, -0.2) is 8.42 Å². The molecule has 0 bridgehead atoms. The second-order valence-corrected chi connectivity index (χ2v) is 10.5. The molecule has 1 aromatic heterocycles. The number of carbonyl (C=O) groups excluding carboxylic acids is 2. The fraction of sp³-hybridized carbons (Fsp3) is 0.320. The first-order chi connectivity index (χ1) is 16.8. The zero-order valence-corrected chi connectivity index (χ0v) is 19.6. The van der Waals surface area contributed by atoms with E-state index >= 15 is 0 Å². The average Bonchev–Trinajstić information content (AvgIpc) is 3.33. The van der Waals surface area contributed by atoms with Crippen LogP contribution in [0.25, 0.3) is 11.0 Å². The molecule has 2 heterocycles. The Labute approximate surface area is 201 Å². The van der Waals surface area contributed by atoms with Crippen molar-refractivity contribution in [2.24, 2.45) is 0 Å². The Bertz CT molecular complexity index is 1420. The number of carboxylic acids is 1. The normalized spacial score (nSPS) is 16.4. The van der Waals surface area contributed by atoms with E-state index in [-0.39, 0.29) is 24.3 Å². The van der Waals surface area contributed by atoms with Gasteiger partial charge in [0.1, 0.15) is 17.4 Å². The number of nitrogens with one attached hydrogen (secondary N) is 1. The summed E-state index contributed by atoms with van der Waals surface area (Å²) in [6, 6.07) is 9.62. The molecule has 1 aliphatic heterocycles. The number of sulfonamides is 1. The van der Waals surface area contributed by atoms with Gasteiger partial charge < -0.3 is 9.52 Å². The molecule has 1 aliphatic carbocycles. The number of amides is 2. The maximum atomic E-state index is 13.0. The third-order valence-corrected chi connectivity index (χ3v) is 8.06. The van der Waals surface area contributed by atoms with Crippen molar-refractivity contribution in [3.63, 3.8) is 0 Å². The van der Waals surface area contributed by atoms with Crippen molar-refractivity contribution in [3.8, 4) is 0 Å². The van der Waals surface area contributed by atoms with Gasteiger partial charge in [0.15, 0.2) is 0 Å². The van der Waals surface area contributed by atoms with Gasteiger partial charge in [0, 0.05) is 30.0 Å². The zero-order valence-electron chi connectivity index (χ0n) is 18.8. The standard InChI is InChI=1S/C25H24N2O7S/c28-23-18-7-1-2-8-19(18)24(29)27(23)13-5-9-20(25(30)31)26-35(32,33)15-11-12-17-16-6-3-4-10-21(16)34-22(17)14-15/h1-2,7-8,11-12,14,20,26H,3-6,9-10,13H2,(H,30,31)/t20-/m0/s1. The summed E-state index contributed by atoms with van der Waals surface area (Å²) in [5.74, 6) is -1.34. The minimum absolute atomic E-state index is 0.0121. The number of furan rings is 1. The molecule has 0 saturated heterocycles. The molecule has 182 valence electrons. The molecule has 0 saturated carbocycles. The number of carbonyl (C=O) groups is 3. The minimum Gasteiger partial charge on any atom is -0.480 e. The monoisotopic (exact) mass is 496 g/mol. The fourth-order valence-corrected chi connectivity index (χ4v) is 6.03. The third kappa shape index (κ3) is 4.23. The van der Waals surface area contributed by atoms with Crippen LogP contribution in [-0.4, -0.2) is 48.8 Å². The van der Waals surface area contributed by atoms with E-state index in [1.54, 1.807) is 30.3 Å². The van der Waals surface area contributed by atoms with Crippen LogP contribution in [0.15, 0.2) is 51.8 Å². The van der Waals surface area contributed by atoms with Gasteiger partial charge in [-0.15, -0.1) is 0 Å². The Balaban J connectivity index is 1.27. The fourth-order valence-electron chi connectivity index (χ4n) is 4.80. The molecule has 1 atom stereocenters. The van der Waals surface area contributed by atoms with Crippen LogP contribution < -0.4 is 4.72 Å². The number of hydrogen-bond donors (Lipinski definition) is 2. The summed E-state index contributed by atoms with van der Waals surface area (Å²) in [5.41, 5.74) is 2.20. The first kappa shape index (κ1) is 23.3. The lowest BCUT2D eigenvalue weighted by Gasteiger charge is -2.17. The number of aliphatic carboxylic acids is 1. The van der Waals surface area contributed by atoms with Crippen molar-refractivity contribution in [2.45, 2.75) is 49.5 Å². The van der Waals surface area contributed by atoms with E-state index in [9.17, 15) is 27.9 Å². The first-order valence-corrected chi connectivity index (χ1v) is 13.0. The molecule has 0 spiro atoms. The SMILES string of the molecule is O=C(O)[C@H](CCCN1C(=O)c2ccccc2C1=O)NS(=O)(=O)c1ccc2c3c(oc2c1)CCCC3. The maximum Gasteiger partial charge on any atom is 0.321 e. The lowest BCUT2D eigenvalue weighted by atomic mass is 9.96. The number of benzene rings is 2. The second-order valence-electron chi connectivity index (χ2n) is 8.83. The van der Waals surface area contributed by atoms with Gasteiger partial charge >= 0.3 is 5.97 Å². The molecule has 5 rings (SSSR count).